The molecule has 3 fully saturated rings. The number of carbonyl (C=O) groups excluding carboxylic acids is 1. The Bertz CT molecular complexity index is 1840. The van der Waals surface area contributed by atoms with Crippen molar-refractivity contribution in [2.75, 3.05) is 26.4 Å². The number of amides is 1. The molecule has 1 amide bonds. The molecule has 3 heterocycles. The number of rotatable bonds is 60. The van der Waals surface area contributed by atoms with Crippen molar-refractivity contribution in [1.29, 1.82) is 0 Å². The summed E-state index contributed by atoms with van der Waals surface area (Å²) in [7, 11) is 0. The van der Waals surface area contributed by atoms with Gasteiger partial charge in [0.25, 0.3) is 0 Å². The summed E-state index contributed by atoms with van der Waals surface area (Å²) in [6.07, 6.45) is 41.4. The van der Waals surface area contributed by atoms with Crippen LogP contribution in [0.15, 0.2) is 36.5 Å². The van der Waals surface area contributed by atoms with Crippen LogP contribution in [-0.2, 0) is 33.2 Å². The first-order chi connectivity index (χ1) is 45.8. The molecule has 12 N–H and O–H groups in total. The molecule has 0 saturated carbocycles. The van der Waals surface area contributed by atoms with E-state index in [2.05, 4.69) is 43.5 Å². The molecular formula is C75H139NO18. The monoisotopic (exact) mass is 1340 g/mol. The number of aliphatic hydroxyl groups excluding tert-OH is 11. The van der Waals surface area contributed by atoms with Crippen LogP contribution in [0.3, 0.4) is 0 Å². The van der Waals surface area contributed by atoms with Crippen molar-refractivity contribution < 1.29 is 89.4 Å². The summed E-state index contributed by atoms with van der Waals surface area (Å²) in [5.41, 5.74) is 0. The smallest absolute Gasteiger partial charge is 0.220 e. The molecule has 17 unspecified atom stereocenters. The molecule has 19 nitrogen and oxygen atoms in total. The zero-order valence-electron chi connectivity index (χ0n) is 58.7. The third kappa shape index (κ3) is 37.4. The first-order valence-corrected chi connectivity index (χ1v) is 38.2. The van der Waals surface area contributed by atoms with E-state index in [1.807, 2.05) is 6.08 Å². The fraction of sp³-hybridized carbons (Fsp3) is 0.907. The normalized spacial score (nSPS) is 27.5. The second kappa shape index (κ2) is 56.7. The molecule has 0 radical (unpaired) electrons. The molecule has 552 valence electrons. The van der Waals surface area contributed by atoms with E-state index in [0.717, 1.165) is 51.4 Å². The quantitative estimate of drug-likeness (QED) is 0.0199. The Hall–Kier alpha value is -1.99. The number of nitrogens with one attached hydrogen (secondary N) is 1. The van der Waals surface area contributed by atoms with Crippen molar-refractivity contribution in [3.05, 3.63) is 36.5 Å². The summed E-state index contributed by atoms with van der Waals surface area (Å²) >= 11 is 0. The average Bonchev–Trinajstić information content (AvgIpc) is 0.787. The van der Waals surface area contributed by atoms with Gasteiger partial charge in [0, 0.05) is 6.42 Å². The highest BCUT2D eigenvalue weighted by Crippen LogP contribution is 2.33. The fourth-order valence-electron chi connectivity index (χ4n) is 13.0. The largest absolute Gasteiger partial charge is 0.394 e. The molecule has 3 aliphatic heterocycles. The summed E-state index contributed by atoms with van der Waals surface area (Å²) in [6.45, 7) is 1.75. The molecule has 0 bridgehead atoms. The Morgan fingerprint density at radius 3 is 1.06 bits per heavy atom. The maximum atomic E-state index is 13.4. The van der Waals surface area contributed by atoms with Gasteiger partial charge in [0.15, 0.2) is 18.9 Å². The third-order valence-electron chi connectivity index (χ3n) is 19.2. The van der Waals surface area contributed by atoms with Crippen molar-refractivity contribution in [1.82, 2.24) is 5.32 Å². The summed E-state index contributed by atoms with van der Waals surface area (Å²) in [5.74, 6) is -0.284. The molecule has 19 heteroatoms. The molecule has 3 rings (SSSR count). The van der Waals surface area contributed by atoms with Gasteiger partial charge in [0.2, 0.25) is 5.91 Å². The molecule has 17 atom stereocenters. The Morgan fingerprint density at radius 1 is 0.372 bits per heavy atom. The fourth-order valence-corrected chi connectivity index (χ4v) is 13.0. The van der Waals surface area contributed by atoms with E-state index in [9.17, 15) is 61.0 Å². The van der Waals surface area contributed by atoms with Crippen molar-refractivity contribution in [2.24, 2.45) is 0 Å². The summed E-state index contributed by atoms with van der Waals surface area (Å²) in [4.78, 5) is 13.4. The maximum absolute atomic E-state index is 13.4. The van der Waals surface area contributed by atoms with Crippen LogP contribution in [0.1, 0.15) is 303 Å². The highest BCUT2D eigenvalue weighted by Gasteiger charge is 2.53. The topological polar surface area (TPSA) is 307 Å². The van der Waals surface area contributed by atoms with Gasteiger partial charge in [0.1, 0.15) is 73.2 Å². The van der Waals surface area contributed by atoms with Crippen LogP contribution in [0.4, 0.5) is 0 Å². The Morgan fingerprint density at radius 2 is 0.681 bits per heavy atom. The van der Waals surface area contributed by atoms with Crippen LogP contribution in [0.5, 0.6) is 0 Å². The van der Waals surface area contributed by atoms with Crippen LogP contribution >= 0.6 is 0 Å². The van der Waals surface area contributed by atoms with Gasteiger partial charge in [0.05, 0.1) is 38.6 Å². The third-order valence-corrected chi connectivity index (χ3v) is 19.2. The standard InChI is InChI=1S/C75H139NO18/c1-3-5-7-9-11-13-15-17-19-21-23-24-25-26-27-28-29-30-31-32-33-35-36-38-40-42-44-46-48-50-52-59(80)58(76-63(81)53-51-49-47-45-43-41-39-37-34-22-20-18-16-14-12-10-8-6-4-2)57-89-73-69(87)66(84)71(61(55-78)91-73)94-75-70(88)67(85)72(62(56-79)92-75)93-74-68(86)65(83)64(82)60(54-77)90-74/h18,20,42,44,50,52,58-62,64-75,77-80,82-88H,3-17,19,21-41,43,45-49,51,53-57H2,1-2H3,(H,76,81)/b20-18-,44-42+,52-50+. The van der Waals surface area contributed by atoms with Gasteiger partial charge in [-0.15, -0.1) is 0 Å². The zero-order chi connectivity index (χ0) is 68.2. The lowest BCUT2D eigenvalue weighted by molar-refractivity contribution is -0.379. The molecular weight excluding hydrogens is 1200 g/mol. The van der Waals surface area contributed by atoms with Gasteiger partial charge in [-0.05, 0) is 57.8 Å². The predicted molar refractivity (Wildman–Crippen MR) is 369 cm³/mol. The van der Waals surface area contributed by atoms with E-state index in [-0.39, 0.29) is 18.9 Å². The van der Waals surface area contributed by atoms with Crippen molar-refractivity contribution >= 4 is 5.91 Å². The summed E-state index contributed by atoms with van der Waals surface area (Å²) in [6, 6.07) is -0.992. The van der Waals surface area contributed by atoms with Crippen LogP contribution in [0.25, 0.3) is 0 Å². The number of hydrogen-bond donors (Lipinski definition) is 12. The molecule has 94 heavy (non-hydrogen) atoms. The molecule has 0 aromatic rings. The van der Waals surface area contributed by atoms with Crippen molar-refractivity contribution in [2.45, 2.75) is 407 Å². The number of hydrogen-bond acceptors (Lipinski definition) is 18. The van der Waals surface area contributed by atoms with E-state index < -0.39 is 124 Å². The number of unbranched alkanes of at least 4 members (excludes halogenated alkanes) is 40. The number of allylic oxidation sites excluding steroid dienone is 5. The number of aliphatic hydroxyl groups is 11. The molecule has 0 aromatic carbocycles. The van der Waals surface area contributed by atoms with E-state index in [4.69, 9.17) is 28.4 Å². The average molecular weight is 1340 g/mol. The SMILES string of the molecule is CCCCCCCC/C=C\CCCCCCCCCCCC(=O)NC(COC1OC(CO)C(OC2OC(CO)C(OC3OC(CO)C(O)C(O)C3O)C(O)C2O)C(O)C1O)C(O)/C=C/CC/C=C/CCCCCCCCCCCCCCCCCCCCCCCCCC. The maximum Gasteiger partial charge on any atom is 0.220 e. The second-order valence-corrected chi connectivity index (χ2v) is 27.5. The van der Waals surface area contributed by atoms with Crippen LogP contribution in [-0.4, -0.2) is 193 Å². The Balaban J connectivity index is 1.40. The summed E-state index contributed by atoms with van der Waals surface area (Å²) < 4.78 is 34.4. The van der Waals surface area contributed by atoms with Gasteiger partial charge >= 0.3 is 0 Å². The molecule has 0 aromatic heterocycles. The van der Waals surface area contributed by atoms with Gasteiger partial charge in [-0.3, -0.25) is 4.79 Å². The van der Waals surface area contributed by atoms with E-state index in [0.29, 0.717) is 12.8 Å². The summed E-state index contributed by atoms with van der Waals surface area (Å²) in [5, 5.41) is 121. The van der Waals surface area contributed by atoms with Crippen LogP contribution in [0, 0.1) is 0 Å². The minimum atomic E-state index is -1.98. The number of ether oxygens (including phenoxy) is 6. The van der Waals surface area contributed by atoms with Gasteiger partial charge in [-0.2, -0.15) is 0 Å². The van der Waals surface area contributed by atoms with E-state index in [1.54, 1.807) is 6.08 Å². The zero-order valence-corrected chi connectivity index (χ0v) is 58.7. The number of carbonyl (C=O) groups is 1. The first kappa shape index (κ1) is 86.2. The predicted octanol–water partition coefficient (Wildman–Crippen LogP) is 11.6. The Labute approximate surface area is 568 Å². The lowest BCUT2D eigenvalue weighted by atomic mass is 9.96. The van der Waals surface area contributed by atoms with Crippen LogP contribution in [0.2, 0.25) is 0 Å². The minimum absolute atomic E-state index is 0.234. The van der Waals surface area contributed by atoms with E-state index in [1.165, 1.54) is 218 Å². The second-order valence-electron chi connectivity index (χ2n) is 27.5. The van der Waals surface area contributed by atoms with Crippen molar-refractivity contribution in [3.63, 3.8) is 0 Å². The van der Waals surface area contributed by atoms with E-state index >= 15 is 0 Å². The Kier molecular flexibility index (Phi) is 52.0. The minimum Gasteiger partial charge on any atom is -0.394 e. The van der Waals surface area contributed by atoms with Crippen LogP contribution < -0.4 is 5.32 Å². The highest BCUT2D eigenvalue weighted by molar-refractivity contribution is 5.76. The molecule has 0 spiro atoms. The molecule has 0 aliphatic carbocycles. The van der Waals surface area contributed by atoms with Gasteiger partial charge < -0.3 is 89.9 Å². The lowest BCUT2D eigenvalue weighted by Gasteiger charge is -2.48. The molecule has 3 saturated heterocycles. The van der Waals surface area contributed by atoms with Gasteiger partial charge in [-0.1, -0.05) is 275 Å². The van der Waals surface area contributed by atoms with Crippen molar-refractivity contribution in [3.8, 4) is 0 Å². The molecule has 3 aliphatic rings. The lowest BCUT2D eigenvalue weighted by Crippen LogP contribution is -2.66. The highest BCUT2D eigenvalue weighted by atomic mass is 16.8. The first-order valence-electron chi connectivity index (χ1n) is 38.2. The van der Waals surface area contributed by atoms with Gasteiger partial charge in [-0.25, -0.2) is 0 Å².